The van der Waals surface area contributed by atoms with E-state index in [-0.39, 0.29) is 5.91 Å². The maximum absolute atomic E-state index is 12.6. The lowest BCUT2D eigenvalue weighted by molar-refractivity contribution is 0.0299. The minimum atomic E-state index is -0.0930. The smallest absolute Gasteiger partial charge is 0.272 e. The van der Waals surface area contributed by atoms with Crippen molar-refractivity contribution < 1.29 is 9.53 Å². The first kappa shape index (κ1) is 16.7. The van der Waals surface area contributed by atoms with Crippen molar-refractivity contribution in [2.45, 2.75) is 13.5 Å². The fourth-order valence-electron chi connectivity index (χ4n) is 2.52. The van der Waals surface area contributed by atoms with Crippen molar-refractivity contribution in [2.75, 3.05) is 31.6 Å². The van der Waals surface area contributed by atoms with Crippen LogP contribution in [0.1, 0.15) is 21.9 Å². The Hall–Kier alpha value is -2.18. The Morgan fingerprint density at radius 1 is 1.29 bits per heavy atom. The number of nitrogens with one attached hydrogen (secondary N) is 1. The molecule has 6 nitrogen and oxygen atoms in total. The van der Waals surface area contributed by atoms with Crippen LogP contribution in [0.15, 0.2) is 30.3 Å². The van der Waals surface area contributed by atoms with E-state index in [2.05, 4.69) is 15.3 Å². The van der Waals surface area contributed by atoms with Crippen molar-refractivity contribution in [1.29, 1.82) is 0 Å². The van der Waals surface area contributed by atoms with Gasteiger partial charge in [-0.15, -0.1) is 0 Å². The molecule has 1 saturated heterocycles. The molecule has 3 rings (SSSR count). The number of hydrogen-bond donors (Lipinski definition) is 1. The molecule has 2 aromatic rings. The molecule has 0 atom stereocenters. The van der Waals surface area contributed by atoms with Gasteiger partial charge in [0.25, 0.3) is 5.91 Å². The van der Waals surface area contributed by atoms with Crippen molar-refractivity contribution in [3.05, 3.63) is 52.4 Å². The van der Waals surface area contributed by atoms with Gasteiger partial charge in [-0.3, -0.25) is 4.79 Å². The summed E-state index contributed by atoms with van der Waals surface area (Å²) in [6.45, 7) is 4.60. The zero-order chi connectivity index (χ0) is 16.9. The van der Waals surface area contributed by atoms with Crippen molar-refractivity contribution in [3.8, 4) is 0 Å². The monoisotopic (exact) mass is 346 g/mol. The standard InChI is InChI=1S/C17H19ClN4O2/c1-12-20-15(17(23)22-6-8-24-9-7-22)10-16(21-12)19-11-13-4-2-3-5-14(13)18/h2-5,10H,6-9,11H2,1H3,(H,19,20,21). The molecule has 1 aromatic heterocycles. The number of halogens is 1. The predicted octanol–water partition coefficient (Wildman–Crippen LogP) is 2.52. The van der Waals surface area contributed by atoms with Gasteiger partial charge in [-0.25, -0.2) is 9.97 Å². The number of carbonyl (C=O) groups is 1. The molecule has 0 unspecified atom stereocenters. The van der Waals surface area contributed by atoms with Crippen LogP contribution in [0.2, 0.25) is 5.02 Å². The molecule has 1 fully saturated rings. The highest BCUT2D eigenvalue weighted by molar-refractivity contribution is 6.31. The van der Waals surface area contributed by atoms with Gasteiger partial charge in [0.05, 0.1) is 13.2 Å². The first-order chi connectivity index (χ1) is 11.6. The van der Waals surface area contributed by atoms with Gasteiger partial charge in [-0.1, -0.05) is 29.8 Å². The number of nitrogens with zero attached hydrogens (tertiary/aromatic N) is 3. The van der Waals surface area contributed by atoms with E-state index in [0.717, 1.165) is 5.56 Å². The van der Waals surface area contributed by atoms with Crippen LogP contribution in [0.4, 0.5) is 5.82 Å². The zero-order valence-corrected chi connectivity index (χ0v) is 14.2. The number of carbonyl (C=O) groups excluding carboxylic acids is 1. The van der Waals surface area contributed by atoms with Crippen molar-refractivity contribution >= 4 is 23.3 Å². The van der Waals surface area contributed by atoms with E-state index >= 15 is 0 Å². The zero-order valence-electron chi connectivity index (χ0n) is 13.5. The Balaban J connectivity index is 1.73. The van der Waals surface area contributed by atoms with Crippen molar-refractivity contribution in [1.82, 2.24) is 14.9 Å². The van der Waals surface area contributed by atoms with Crippen LogP contribution >= 0.6 is 11.6 Å². The van der Waals surface area contributed by atoms with Crippen LogP contribution in [0, 0.1) is 6.92 Å². The third-order valence-electron chi connectivity index (χ3n) is 3.77. The van der Waals surface area contributed by atoms with Crippen LogP contribution in [0.3, 0.4) is 0 Å². The van der Waals surface area contributed by atoms with E-state index in [0.29, 0.717) is 55.2 Å². The molecule has 7 heteroatoms. The molecule has 2 heterocycles. The van der Waals surface area contributed by atoms with Gasteiger partial charge in [-0.05, 0) is 18.6 Å². The second-order valence-electron chi connectivity index (χ2n) is 5.54. The molecule has 24 heavy (non-hydrogen) atoms. The van der Waals surface area contributed by atoms with Gasteiger partial charge < -0.3 is 15.0 Å². The summed E-state index contributed by atoms with van der Waals surface area (Å²) >= 11 is 6.16. The average molecular weight is 347 g/mol. The number of morpholine rings is 1. The molecule has 0 aliphatic carbocycles. The van der Waals surface area contributed by atoms with Gasteiger partial charge >= 0.3 is 0 Å². The molecule has 1 aromatic carbocycles. The molecule has 0 radical (unpaired) electrons. The van der Waals surface area contributed by atoms with Crippen LogP contribution in [-0.4, -0.2) is 47.1 Å². The van der Waals surface area contributed by atoms with Gasteiger partial charge in [0.15, 0.2) is 0 Å². The second kappa shape index (κ2) is 7.59. The lowest BCUT2D eigenvalue weighted by Gasteiger charge is -2.26. The normalized spacial score (nSPS) is 14.5. The fraction of sp³-hybridized carbons (Fsp3) is 0.353. The Morgan fingerprint density at radius 2 is 2.04 bits per heavy atom. The SMILES string of the molecule is Cc1nc(NCc2ccccc2Cl)cc(C(=O)N2CCOCC2)n1. The number of benzene rings is 1. The topological polar surface area (TPSA) is 67.4 Å². The summed E-state index contributed by atoms with van der Waals surface area (Å²) in [6, 6.07) is 9.29. The number of rotatable bonds is 4. The highest BCUT2D eigenvalue weighted by Crippen LogP contribution is 2.17. The number of aryl methyl sites for hydroxylation is 1. The summed E-state index contributed by atoms with van der Waals surface area (Å²) < 4.78 is 5.28. The second-order valence-corrected chi connectivity index (χ2v) is 5.94. The minimum Gasteiger partial charge on any atom is -0.378 e. The Kier molecular flexibility index (Phi) is 5.27. The molecule has 1 N–H and O–H groups in total. The lowest BCUT2D eigenvalue weighted by Crippen LogP contribution is -2.41. The first-order valence-corrected chi connectivity index (χ1v) is 8.21. The van der Waals surface area contributed by atoms with E-state index in [9.17, 15) is 4.79 Å². The van der Waals surface area contributed by atoms with Crippen molar-refractivity contribution in [3.63, 3.8) is 0 Å². The summed E-state index contributed by atoms with van der Waals surface area (Å²) in [5.74, 6) is 1.07. The van der Waals surface area contributed by atoms with Crippen molar-refractivity contribution in [2.24, 2.45) is 0 Å². The number of anilines is 1. The van der Waals surface area contributed by atoms with Crippen LogP contribution in [0.25, 0.3) is 0 Å². The molecule has 1 aliphatic heterocycles. The predicted molar refractivity (Wildman–Crippen MR) is 92.3 cm³/mol. The van der Waals surface area contributed by atoms with Gasteiger partial charge in [0.1, 0.15) is 17.3 Å². The van der Waals surface area contributed by atoms with Gasteiger partial charge in [-0.2, -0.15) is 0 Å². The Morgan fingerprint density at radius 3 is 2.79 bits per heavy atom. The summed E-state index contributed by atoms with van der Waals surface area (Å²) in [7, 11) is 0. The summed E-state index contributed by atoms with van der Waals surface area (Å²) in [5, 5.41) is 3.90. The third-order valence-corrected chi connectivity index (χ3v) is 4.14. The largest absolute Gasteiger partial charge is 0.378 e. The summed E-state index contributed by atoms with van der Waals surface area (Å²) in [5.41, 5.74) is 1.36. The highest BCUT2D eigenvalue weighted by Gasteiger charge is 2.20. The molecular formula is C17H19ClN4O2. The number of aromatic nitrogens is 2. The van der Waals surface area contributed by atoms with Gasteiger partial charge in [0.2, 0.25) is 0 Å². The van der Waals surface area contributed by atoms with Crippen LogP contribution in [-0.2, 0) is 11.3 Å². The molecule has 0 bridgehead atoms. The van der Waals surface area contributed by atoms with E-state index in [1.807, 2.05) is 24.3 Å². The minimum absolute atomic E-state index is 0.0930. The van der Waals surface area contributed by atoms with E-state index in [1.54, 1.807) is 17.9 Å². The number of amides is 1. The van der Waals surface area contributed by atoms with E-state index < -0.39 is 0 Å². The van der Waals surface area contributed by atoms with Crippen LogP contribution in [0.5, 0.6) is 0 Å². The quantitative estimate of drug-likeness (QED) is 0.921. The Bertz CT molecular complexity index is 732. The summed E-state index contributed by atoms with van der Waals surface area (Å²) in [6.07, 6.45) is 0. The molecule has 1 amide bonds. The molecule has 0 saturated carbocycles. The number of ether oxygens (including phenoxy) is 1. The molecule has 0 spiro atoms. The van der Waals surface area contributed by atoms with Gasteiger partial charge in [0, 0.05) is 30.7 Å². The highest BCUT2D eigenvalue weighted by atomic mass is 35.5. The fourth-order valence-corrected chi connectivity index (χ4v) is 2.73. The molecule has 1 aliphatic rings. The summed E-state index contributed by atoms with van der Waals surface area (Å²) in [4.78, 5) is 22.9. The maximum Gasteiger partial charge on any atom is 0.272 e. The number of hydrogen-bond acceptors (Lipinski definition) is 5. The first-order valence-electron chi connectivity index (χ1n) is 7.83. The molecule has 126 valence electrons. The van der Waals surface area contributed by atoms with Crippen LogP contribution < -0.4 is 5.32 Å². The van der Waals surface area contributed by atoms with E-state index in [4.69, 9.17) is 16.3 Å². The third kappa shape index (κ3) is 4.01. The lowest BCUT2D eigenvalue weighted by atomic mass is 10.2. The average Bonchev–Trinajstić information content (AvgIpc) is 2.61. The molecular weight excluding hydrogens is 328 g/mol. The van der Waals surface area contributed by atoms with E-state index in [1.165, 1.54) is 0 Å². The Labute approximate surface area is 145 Å². The maximum atomic E-state index is 12.6.